The van der Waals surface area contributed by atoms with Gasteiger partial charge in [0.25, 0.3) is 0 Å². The fraction of sp³-hybridized carbons (Fsp3) is 0.692. The second-order valence-corrected chi connectivity index (χ2v) is 4.99. The maximum Gasteiger partial charge on any atom is 0.334 e. The number of carboxylic acids is 1. The van der Waals surface area contributed by atoms with Crippen molar-refractivity contribution < 1.29 is 14.8 Å². The number of hydrogen-bond acceptors (Lipinski definition) is 5. The minimum Gasteiger partial charge on any atom is -0.480 e. The van der Waals surface area contributed by atoms with Gasteiger partial charge in [0, 0.05) is 7.05 Å². The number of nitrogens with zero attached hydrogens (tertiary/aromatic N) is 3. The summed E-state index contributed by atoms with van der Waals surface area (Å²) in [6.45, 7) is 5.38. The first-order chi connectivity index (χ1) is 9.82. The molecule has 2 N–H and O–H groups in total. The zero-order valence-corrected chi connectivity index (χ0v) is 12.8. The van der Waals surface area contributed by atoms with Crippen LogP contribution in [-0.4, -0.2) is 31.3 Å². The van der Waals surface area contributed by atoms with E-state index in [0.717, 1.165) is 6.42 Å². The highest BCUT2D eigenvalue weighted by atomic mass is 16.6. The van der Waals surface area contributed by atoms with Crippen molar-refractivity contribution in [1.82, 2.24) is 9.78 Å². The lowest BCUT2D eigenvalue weighted by molar-refractivity contribution is -0.384. The van der Waals surface area contributed by atoms with Gasteiger partial charge in [-0.25, -0.2) is 9.48 Å². The van der Waals surface area contributed by atoms with Gasteiger partial charge in [-0.15, -0.1) is 0 Å². The molecule has 8 nitrogen and oxygen atoms in total. The Balaban J connectivity index is 3.35. The minimum atomic E-state index is -1.23. The number of anilines is 1. The van der Waals surface area contributed by atoms with Crippen LogP contribution in [0.5, 0.6) is 0 Å². The third-order valence-corrected chi connectivity index (χ3v) is 3.74. The summed E-state index contributed by atoms with van der Waals surface area (Å²) in [5.41, 5.74) is -0.993. The summed E-state index contributed by atoms with van der Waals surface area (Å²) < 4.78 is 1.35. The molecule has 1 aromatic heterocycles. The summed E-state index contributed by atoms with van der Waals surface area (Å²) in [5, 5.41) is 27.8. The lowest BCUT2D eigenvalue weighted by atomic mass is 9.93. The minimum absolute atomic E-state index is 0.133. The molecular weight excluding hydrogens is 276 g/mol. The maximum absolute atomic E-state index is 11.6. The number of aromatic nitrogens is 2. The number of nitrogens with one attached hydrogen (secondary N) is 1. The number of aliphatic carboxylic acids is 1. The molecule has 0 aromatic carbocycles. The summed E-state index contributed by atoms with van der Waals surface area (Å²) in [5.74, 6) is -0.880. The summed E-state index contributed by atoms with van der Waals surface area (Å²) in [4.78, 5) is 22.4. The van der Waals surface area contributed by atoms with Gasteiger partial charge in [-0.1, -0.05) is 27.2 Å². The number of carbonyl (C=O) groups is 1. The van der Waals surface area contributed by atoms with Crippen LogP contribution in [-0.2, 0) is 18.3 Å². The molecule has 0 atom stereocenters. The molecule has 0 aliphatic carbocycles. The van der Waals surface area contributed by atoms with Crippen molar-refractivity contribution >= 4 is 17.5 Å². The molecule has 118 valence electrons. The lowest BCUT2D eigenvalue weighted by Gasteiger charge is -2.28. The molecule has 1 aromatic rings. The van der Waals surface area contributed by atoms with E-state index in [9.17, 15) is 20.0 Å². The number of nitro groups is 1. The highest BCUT2D eigenvalue weighted by Crippen LogP contribution is 2.33. The van der Waals surface area contributed by atoms with Gasteiger partial charge in [-0.05, 0) is 19.3 Å². The van der Waals surface area contributed by atoms with Crippen LogP contribution in [0.25, 0.3) is 0 Å². The van der Waals surface area contributed by atoms with Gasteiger partial charge in [0.1, 0.15) is 11.2 Å². The zero-order chi connectivity index (χ0) is 16.2. The molecule has 0 bridgehead atoms. The zero-order valence-electron chi connectivity index (χ0n) is 12.8. The molecule has 0 spiro atoms. The second-order valence-electron chi connectivity index (χ2n) is 4.99. The molecule has 0 saturated heterocycles. The third kappa shape index (κ3) is 3.14. The van der Waals surface area contributed by atoms with Crippen LogP contribution in [0.3, 0.4) is 0 Å². The fourth-order valence-electron chi connectivity index (χ4n) is 2.31. The van der Waals surface area contributed by atoms with Crippen molar-refractivity contribution in [3.05, 3.63) is 15.8 Å². The summed E-state index contributed by atoms with van der Waals surface area (Å²) >= 11 is 0. The molecule has 0 aliphatic rings. The fourth-order valence-corrected chi connectivity index (χ4v) is 2.31. The van der Waals surface area contributed by atoms with E-state index in [1.807, 2.05) is 6.92 Å². The molecule has 0 unspecified atom stereocenters. The van der Waals surface area contributed by atoms with Crippen LogP contribution in [0.15, 0.2) is 0 Å². The molecule has 0 radical (unpaired) electrons. The Kier molecular flexibility index (Phi) is 5.28. The number of carboxylic acid groups (broad SMARTS) is 1. The smallest absolute Gasteiger partial charge is 0.334 e. The summed E-state index contributed by atoms with van der Waals surface area (Å²) in [7, 11) is 1.58. The van der Waals surface area contributed by atoms with Crippen molar-refractivity contribution in [3.8, 4) is 0 Å². The van der Waals surface area contributed by atoms with Crippen molar-refractivity contribution in [2.45, 2.75) is 52.0 Å². The predicted octanol–water partition coefficient (Wildman–Crippen LogP) is 2.34. The van der Waals surface area contributed by atoms with Gasteiger partial charge in [-0.2, -0.15) is 5.10 Å². The normalized spacial score (nSPS) is 11.4. The average molecular weight is 298 g/mol. The van der Waals surface area contributed by atoms with Crippen molar-refractivity contribution in [2.24, 2.45) is 7.05 Å². The standard InChI is InChI=1S/C13H22N4O4/c1-5-8-9-10(17(20)21)11(16(4)15-9)14-13(6-2,7-3)12(18)19/h14H,5-8H2,1-4H3,(H,18,19). The van der Waals surface area contributed by atoms with E-state index in [4.69, 9.17) is 0 Å². The van der Waals surface area contributed by atoms with Crippen molar-refractivity contribution in [3.63, 3.8) is 0 Å². The monoisotopic (exact) mass is 298 g/mol. The molecule has 1 rings (SSSR count). The Labute approximate surface area is 123 Å². The Morgan fingerprint density at radius 1 is 1.43 bits per heavy atom. The van der Waals surface area contributed by atoms with Crippen LogP contribution < -0.4 is 5.32 Å². The highest BCUT2D eigenvalue weighted by Gasteiger charge is 2.39. The third-order valence-electron chi connectivity index (χ3n) is 3.74. The number of rotatable bonds is 8. The van der Waals surface area contributed by atoms with Gasteiger partial charge >= 0.3 is 11.7 Å². The molecule has 0 aliphatic heterocycles. The van der Waals surface area contributed by atoms with E-state index in [0.29, 0.717) is 25.0 Å². The van der Waals surface area contributed by atoms with E-state index in [2.05, 4.69) is 10.4 Å². The van der Waals surface area contributed by atoms with Gasteiger partial charge in [-0.3, -0.25) is 10.1 Å². The van der Waals surface area contributed by atoms with Crippen LogP contribution in [0.1, 0.15) is 45.7 Å². The van der Waals surface area contributed by atoms with Crippen LogP contribution in [0.4, 0.5) is 11.5 Å². The van der Waals surface area contributed by atoms with Crippen LogP contribution >= 0.6 is 0 Å². The second kappa shape index (κ2) is 6.55. The largest absolute Gasteiger partial charge is 0.480 e. The van der Waals surface area contributed by atoms with E-state index in [1.54, 1.807) is 20.9 Å². The van der Waals surface area contributed by atoms with Crippen LogP contribution in [0.2, 0.25) is 0 Å². The van der Waals surface area contributed by atoms with E-state index < -0.39 is 16.4 Å². The highest BCUT2D eigenvalue weighted by molar-refractivity contribution is 5.83. The molecule has 1 heterocycles. The average Bonchev–Trinajstić information content (AvgIpc) is 2.72. The molecular formula is C13H22N4O4. The lowest BCUT2D eigenvalue weighted by Crippen LogP contribution is -2.45. The number of aryl methyl sites for hydroxylation is 2. The summed E-state index contributed by atoms with van der Waals surface area (Å²) in [6, 6.07) is 0. The molecule has 8 heteroatoms. The maximum atomic E-state index is 11.6. The molecule has 0 fully saturated rings. The van der Waals surface area contributed by atoms with Crippen LogP contribution in [0, 0.1) is 10.1 Å². The van der Waals surface area contributed by atoms with Crippen molar-refractivity contribution in [2.75, 3.05) is 5.32 Å². The van der Waals surface area contributed by atoms with Crippen molar-refractivity contribution in [1.29, 1.82) is 0 Å². The predicted molar refractivity (Wildman–Crippen MR) is 78.4 cm³/mol. The number of hydrogen-bond donors (Lipinski definition) is 2. The topological polar surface area (TPSA) is 110 Å². The first-order valence-corrected chi connectivity index (χ1v) is 7.04. The Morgan fingerprint density at radius 2 is 2.00 bits per heavy atom. The SMILES string of the molecule is CCCc1nn(C)c(NC(CC)(CC)C(=O)O)c1[N+](=O)[O-]. The molecule has 21 heavy (non-hydrogen) atoms. The Morgan fingerprint density at radius 3 is 2.38 bits per heavy atom. The first kappa shape index (κ1) is 16.9. The van der Waals surface area contributed by atoms with Gasteiger partial charge in [0.15, 0.2) is 0 Å². The Bertz CT molecular complexity index is 535. The van der Waals surface area contributed by atoms with E-state index >= 15 is 0 Å². The van der Waals surface area contributed by atoms with E-state index in [1.165, 1.54) is 4.68 Å². The van der Waals surface area contributed by atoms with E-state index in [-0.39, 0.29) is 11.5 Å². The van der Waals surface area contributed by atoms with Gasteiger partial charge in [0.05, 0.1) is 4.92 Å². The first-order valence-electron chi connectivity index (χ1n) is 7.04. The van der Waals surface area contributed by atoms with Gasteiger partial charge in [0.2, 0.25) is 5.82 Å². The molecule has 0 amide bonds. The molecule has 0 saturated carbocycles. The van der Waals surface area contributed by atoms with Gasteiger partial charge < -0.3 is 10.4 Å². The summed E-state index contributed by atoms with van der Waals surface area (Å²) in [6.07, 6.45) is 1.82. The quantitative estimate of drug-likeness (QED) is 0.563. The Hall–Kier alpha value is -2.12.